The number of nitrogens with zero attached hydrogens (tertiary/aromatic N) is 2. The summed E-state index contributed by atoms with van der Waals surface area (Å²) in [4.78, 5) is 6.75. The molecule has 0 saturated carbocycles. The van der Waals surface area contributed by atoms with Gasteiger partial charge < -0.3 is 24.4 Å². The first-order valence-electron chi connectivity index (χ1n) is 8.68. The highest BCUT2D eigenvalue weighted by molar-refractivity contribution is 5.80. The van der Waals surface area contributed by atoms with Crippen molar-refractivity contribution in [3.8, 4) is 17.2 Å². The van der Waals surface area contributed by atoms with Gasteiger partial charge in [-0.05, 0) is 18.3 Å². The number of aliphatic imine (C=N–C) groups is 1. The van der Waals surface area contributed by atoms with Gasteiger partial charge in [0.25, 0.3) is 0 Å². The molecule has 0 unspecified atom stereocenters. The maximum absolute atomic E-state index is 5.51. The van der Waals surface area contributed by atoms with Gasteiger partial charge in [0.05, 0.1) is 21.3 Å². The van der Waals surface area contributed by atoms with Crippen molar-refractivity contribution in [1.29, 1.82) is 0 Å². The van der Waals surface area contributed by atoms with Crippen molar-refractivity contribution in [2.45, 2.75) is 26.7 Å². The molecular weight excluding hydrogens is 318 g/mol. The molecule has 6 nitrogen and oxygen atoms in total. The van der Waals surface area contributed by atoms with Crippen LogP contribution >= 0.6 is 0 Å². The van der Waals surface area contributed by atoms with E-state index in [4.69, 9.17) is 14.2 Å². The zero-order valence-electron chi connectivity index (χ0n) is 16.3. The fraction of sp³-hybridized carbons (Fsp3) is 0.632. The lowest BCUT2D eigenvalue weighted by Crippen LogP contribution is -2.41. The van der Waals surface area contributed by atoms with Gasteiger partial charge in [-0.3, -0.25) is 4.99 Å². The van der Waals surface area contributed by atoms with Crippen LogP contribution < -0.4 is 19.5 Å². The number of hydrogen-bond donors (Lipinski definition) is 1. The van der Waals surface area contributed by atoms with Gasteiger partial charge in [-0.2, -0.15) is 0 Å². The lowest BCUT2D eigenvalue weighted by Gasteiger charge is -2.24. The van der Waals surface area contributed by atoms with Gasteiger partial charge in [-0.1, -0.05) is 13.8 Å². The number of guanidine groups is 1. The van der Waals surface area contributed by atoms with Gasteiger partial charge in [0, 0.05) is 44.4 Å². The van der Waals surface area contributed by atoms with Crippen molar-refractivity contribution in [3.63, 3.8) is 0 Å². The van der Waals surface area contributed by atoms with Gasteiger partial charge in [0.15, 0.2) is 5.96 Å². The lowest BCUT2D eigenvalue weighted by atomic mass is 9.93. The summed E-state index contributed by atoms with van der Waals surface area (Å²) in [6.45, 7) is 7.42. The molecule has 1 heterocycles. The van der Waals surface area contributed by atoms with Crippen molar-refractivity contribution in [2.75, 3.05) is 48.0 Å². The Bertz CT molecular complexity index is 589. The second-order valence-electron chi connectivity index (χ2n) is 7.07. The van der Waals surface area contributed by atoms with Crippen LogP contribution in [0.1, 0.15) is 25.8 Å². The number of nitrogens with one attached hydrogen (secondary N) is 1. The molecule has 1 aliphatic heterocycles. The van der Waals surface area contributed by atoms with Crippen molar-refractivity contribution in [2.24, 2.45) is 10.4 Å². The highest BCUT2D eigenvalue weighted by Gasteiger charge is 2.30. The second kappa shape index (κ2) is 8.32. The van der Waals surface area contributed by atoms with Crippen LogP contribution in [0.25, 0.3) is 0 Å². The Morgan fingerprint density at radius 3 is 2.24 bits per heavy atom. The number of hydrogen-bond acceptors (Lipinski definition) is 4. The van der Waals surface area contributed by atoms with E-state index in [2.05, 4.69) is 29.1 Å². The smallest absolute Gasteiger partial charge is 0.193 e. The molecule has 1 aromatic rings. The number of rotatable bonds is 6. The van der Waals surface area contributed by atoms with E-state index in [9.17, 15) is 0 Å². The molecule has 25 heavy (non-hydrogen) atoms. The molecule has 1 N–H and O–H groups in total. The van der Waals surface area contributed by atoms with Crippen LogP contribution in [0.4, 0.5) is 0 Å². The minimum atomic E-state index is 0.347. The Morgan fingerprint density at radius 1 is 1.16 bits per heavy atom. The molecule has 0 amide bonds. The fourth-order valence-corrected chi connectivity index (χ4v) is 3.25. The zero-order chi connectivity index (χ0) is 18.4. The van der Waals surface area contributed by atoms with E-state index < -0.39 is 0 Å². The molecule has 0 aliphatic carbocycles. The summed E-state index contributed by atoms with van der Waals surface area (Å²) in [5, 5.41) is 3.46. The standard InChI is InChI=1S/C19H31N3O3/c1-19(2)8-10-22(13-19)18(20-3)21-9-7-15-16(24-5)11-14(23-4)12-17(15)25-6/h11-12H,7-10,13H2,1-6H3,(H,20,21). The number of benzene rings is 1. The van der Waals surface area contributed by atoms with Gasteiger partial charge in [0.1, 0.15) is 17.2 Å². The molecule has 0 radical (unpaired) electrons. The Balaban J connectivity index is 2.03. The topological polar surface area (TPSA) is 55.3 Å². The van der Waals surface area contributed by atoms with E-state index in [1.165, 1.54) is 6.42 Å². The monoisotopic (exact) mass is 349 g/mol. The molecule has 0 spiro atoms. The van der Waals surface area contributed by atoms with Crippen LogP contribution in [0, 0.1) is 5.41 Å². The summed E-state index contributed by atoms with van der Waals surface area (Å²) in [6.07, 6.45) is 1.96. The molecule has 1 fully saturated rings. The Kier molecular flexibility index (Phi) is 6.39. The molecule has 2 rings (SSSR count). The normalized spacial score (nSPS) is 16.7. The molecule has 6 heteroatoms. The Morgan fingerprint density at radius 2 is 1.80 bits per heavy atom. The highest BCUT2D eigenvalue weighted by Crippen LogP contribution is 2.34. The van der Waals surface area contributed by atoms with Gasteiger partial charge in [0.2, 0.25) is 0 Å². The first kappa shape index (κ1) is 19.2. The van der Waals surface area contributed by atoms with Crippen molar-refractivity contribution in [1.82, 2.24) is 10.2 Å². The van der Waals surface area contributed by atoms with Gasteiger partial charge >= 0.3 is 0 Å². The van der Waals surface area contributed by atoms with E-state index in [1.54, 1.807) is 21.3 Å². The largest absolute Gasteiger partial charge is 0.496 e. The minimum absolute atomic E-state index is 0.347. The summed E-state index contributed by atoms with van der Waals surface area (Å²) in [6, 6.07) is 3.77. The number of methoxy groups -OCH3 is 3. The Labute approximate surface area is 151 Å². The predicted molar refractivity (Wildman–Crippen MR) is 101 cm³/mol. The predicted octanol–water partition coefficient (Wildman–Crippen LogP) is 2.56. The van der Waals surface area contributed by atoms with Crippen LogP contribution in [-0.2, 0) is 6.42 Å². The second-order valence-corrected chi connectivity index (χ2v) is 7.07. The fourth-order valence-electron chi connectivity index (χ4n) is 3.25. The van der Waals surface area contributed by atoms with Crippen LogP contribution in [0.15, 0.2) is 17.1 Å². The molecule has 0 aromatic heterocycles. The summed E-state index contributed by atoms with van der Waals surface area (Å²) < 4.78 is 16.3. The summed E-state index contributed by atoms with van der Waals surface area (Å²) >= 11 is 0. The van der Waals surface area contributed by atoms with Gasteiger partial charge in [-0.25, -0.2) is 0 Å². The molecule has 1 aromatic carbocycles. The minimum Gasteiger partial charge on any atom is -0.496 e. The van der Waals surface area contributed by atoms with E-state index >= 15 is 0 Å². The average Bonchev–Trinajstić information content (AvgIpc) is 2.97. The van der Waals surface area contributed by atoms with Crippen molar-refractivity contribution < 1.29 is 14.2 Å². The van der Waals surface area contributed by atoms with Crippen LogP contribution in [0.5, 0.6) is 17.2 Å². The molecular formula is C19H31N3O3. The van der Waals surface area contributed by atoms with Gasteiger partial charge in [-0.15, -0.1) is 0 Å². The zero-order valence-corrected chi connectivity index (χ0v) is 16.3. The molecule has 1 saturated heterocycles. The van der Waals surface area contributed by atoms with E-state index in [-0.39, 0.29) is 0 Å². The third-order valence-electron chi connectivity index (χ3n) is 4.66. The SMILES string of the molecule is CN=C(NCCc1c(OC)cc(OC)cc1OC)N1CCC(C)(C)C1. The Hall–Kier alpha value is -2.11. The van der Waals surface area contributed by atoms with E-state index in [1.807, 2.05) is 19.2 Å². The lowest BCUT2D eigenvalue weighted by molar-refractivity contribution is 0.366. The summed E-state index contributed by atoms with van der Waals surface area (Å²) in [5.74, 6) is 3.23. The quantitative estimate of drug-likeness (QED) is 0.632. The summed E-state index contributed by atoms with van der Waals surface area (Å²) in [7, 11) is 6.80. The van der Waals surface area contributed by atoms with Crippen LogP contribution in [-0.4, -0.2) is 58.9 Å². The first-order valence-corrected chi connectivity index (χ1v) is 8.68. The van der Waals surface area contributed by atoms with Crippen LogP contribution in [0.2, 0.25) is 0 Å². The molecule has 1 aliphatic rings. The van der Waals surface area contributed by atoms with E-state index in [0.29, 0.717) is 5.41 Å². The average molecular weight is 349 g/mol. The van der Waals surface area contributed by atoms with Crippen molar-refractivity contribution >= 4 is 5.96 Å². The first-order chi connectivity index (χ1) is 11.9. The number of ether oxygens (including phenoxy) is 3. The third kappa shape index (κ3) is 4.71. The number of likely N-dealkylation sites (tertiary alicyclic amines) is 1. The summed E-state index contributed by atoms with van der Waals surface area (Å²) in [5.41, 5.74) is 1.37. The maximum Gasteiger partial charge on any atom is 0.193 e. The maximum atomic E-state index is 5.51. The molecule has 140 valence electrons. The third-order valence-corrected chi connectivity index (χ3v) is 4.66. The molecule has 0 atom stereocenters. The highest BCUT2D eigenvalue weighted by atomic mass is 16.5. The van der Waals surface area contributed by atoms with E-state index in [0.717, 1.165) is 54.8 Å². The van der Waals surface area contributed by atoms with Crippen LogP contribution in [0.3, 0.4) is 0 Å². The van der Waals surface area contributed by atoms with Crippen molar-refractivity contribution in [3.05, 3.63) is 17.7 Å². The molecule has 0 bridgehead atoms.